The fourth-order valence-electron chi connectivity index (χ4n) is 2.22. The number of nitrogens with one attached hydrogen (secondary N) is 1. The van der Waals surface area contributed by atoms with Gasteiger partial charge in [0.05, 0.1) is 6.10 Å². The number of hydrogen-bond donors (Lipinski definition) is 1. The Kier molecular flexibility index (Phi) is 5.19. The lowest BCUT2D eigenvalue weighted by atomic mass is 9.97. The lowest BCUT2D eigenvalue weighted by Crippen LogP contribution is -2.09. The number of rotatable bonds is 6. The molecule has 0 fully saturated rings. The van der Waals surface area contributed by atoms with Crippen LogP contribution in [-0.2, 0) is 0 Å². The van der Waals surface area contributed by atoms with Crippen molar-refractivity contribution in [2.75, 3.05) is 11.9 Å². The summed E-state index contributed by atoms with van der Waals surface area (Å²) in [4.78, 5) is 8.30. The molecule has 1 heterocycles. The van der Waals surface area contributed by atoms with Crippen LogP contribution in [0.3, 0.4) is 0 Å². The molecule has 0 aliphatic heterocycles. The van der Waals surface area contributed by atoms with E-state index in [2.05, 4.69) is 21.4 Å². The lowest BCUT2D eigenvalue weighted by Gasteiger charge is -2.13. The summed E-state index contributed by atoms with van der Waals surface area (Å²) in [6.07, 6.45) is 10.4. The zero-order valence-electron chi connectivity index (χ0n) is 11.9. The largest absolute Gasteiger partial charge is 0.475 e. The molecule has 1 aliphatic rings. The second kappa shape index (κ2) is 7.12. The van der Waals surface area contributed by atoms with Crippen LogP contribution >= 0.6 is 0 Å². The van der Waals surface area contributed by atoms with Crippen LogP contribution in [0.5, 0.6) is 5.88 Å². The van der Waals surface area contributed by atoms with Crippen LogP contribution in [-0.4, -0.2) is 22.6 Å². The van der Waals surface area contributed by atoms with Gasteiger partial charge in [-0.15, -0.1) is 0 Å². The van der Waals surface area contributed by atoms with E-state index in [1.165, 1.54) is 25.7 Å². The molecule has 19 heavy (non-hydrogen) atoms. The molecule has 1 aliphatic carbocycles. The van der Waals surface area contributed by atoms with Crippen molar-refractivity contribution in [2.45, 2.75) is 52.1 Å². The maximum absolute atomic E-state index is 5.55. The first-order valence-electron chi connectivity index (χ1n) is 7.14. The number of aromatic nitrogens is 2. The van der Waals surface area contributed by atoms with Gasteiger partial charge >= 0.3 is 0 Å². The van der Waals surface area contributed by atoms with Crippen LogP contribution in [0.2, 0.25) is 0 Å². The van der Waals surface area contributed by atoms with Crippen molar-refractivity contribution in [2.24, 2.45) is 0 Å². The minimum absolute atomic E-state index is 0.134. The van der Waals surface area contributed by atoms with Crippen molar-refractivity contribution < 1.29 is 4.74 Å². The molecule has 104 valence electrons. The maximum Gasteiger partial charge on any atom is 0.218 e. The van der Waals surface area contributed by atoms with Crippen LogP contribution in [0.4, 0.5) is 5.82 Å². The van der Waals surface area contributed by atoms with Gasteiger partial charge in [0.2, 0.25) is 5.88 Å². The van der Waals surface area contributed by atoms with Crippen molar-refractivity contribution >= 4 is 5.82 Å². The number of ether oxygens (including phenoxy) is 1. The zero-order valence-corrected chi connectivity index (χ0v) is 11.9. The summed E-state index contributed by atoms with van der Waals surface area (Å²) in [6, 6.07) is 1.86. The molecule has 0 bridgehead atoms. The first-order valence-corrected chi connectivity index (χ1v) is 7.14. The standard InChI is InChI=1S/C15H23N3O/c1-12(2)19-15-10-14(17-11-18-15)16-9-8-13-6-4-3-5-7-13/h6,10-12H,3-5,7-9H2,1-2H3,(H,16,17,18). The Hall–Kier alpha value is -1.58. The average molecular weight is 261 g/mol. The second-order valence-electron chi connectivity index (χ2n) is 5.19. The molecule has 0 saturated heterocycles. The van der Waals surface area contributed by atoms with Gasteiger partial charge in [-0.3, -0.25) is 0 Å². The average Bonchev–Trinajstić information content (AvgIpc) is 2.40. The summed E-state index contributed by atoms with van der Waals surface area (Å²) < 4.78 is 5.55. The third-order valence-electron chi connectivity index (χ3n) is 3.14. The minimum atomic E-state index is 0.134. The van der Waals surface area contributed by atoms with E-state index in [1.807, 2.05) is 19.9 Å². The Labute approximate surface area is 115 Å². The Morgan fingerprint density at radius 2 is 2.21 bits per heavy atom. The summed E-state index contributed by atoms with van der Waals surface area (Å²) in [5.74, 6) is 1.46. The minimum Gasteiger partial charge on any atom is -0.475 e. The van der Waals surface area contributed by atoms with Crippen LogP contribution in [0.25, 0.3) is 0 Å². The molecule has 0 aromatic carbocycles. The molecule has 4 heteroatoms. The number of hydrogen-bond acceptors (Lipinski definition) is 4. The van der Waals surface area contributed by atoms with Gasteiger partial charge in [0.25, 0.3) is 0 Å². The van der Waals surface area contributed by atoms with E-state index in [0.29, 0.717) is 5.88 Å². The summed E-state index contributed by atoms with van der Waals surface area (Å²) in [5, 5.41) is 3.33. The molecule has 2 rings (SSSR count). The lowest BCUT2D eigenvalue weighted by molar-refractivity contribution is 0.232. The fraction of sp³-hybridized carbons (Fsp3) is 0.600. The Bertz CT molecular complexity index is 429. The number of allylic oxidation sites excluding steroid dienone is 1. The highest BCUT2D eigenvalue weighted by atomic mass is 16.5. The van der Waals surface area contributed by atoms with Gasteiger partial charge in [-0.2, -0.15) is 0 Å². The van der Waals surface area contributed by atoms with E-state index in [1.54, 1.807) is 11.9 Å². The van der Waals surface area contributed by atoms with Crippen LogP contribution in [0.15, 0.2) is 24.0 Å². The van der Waals surface area contributed by atoms with E-state index in [-0.39, 0.29) is 6.10 Å². The normalized spacial score (nSPS) is 15.2. The van der Waals surface area contributed by atoms with Gasteiger partial charge < -0.3 is 10.1 Å². The van der Waals surface area contributed by atoms with Gasteiger partial charge in [-0.05, 0) is 46.0 Å². The van der Waals surface area contributed by atoms with Gasteiger partial charge in [0.15, 0.2) is 0 Å². The van der Waals surface area contributed by atoms with Crippen molar-refractivity contribution in [3.8, 4) is 5.88 Å². The Morgan fingerprint density at radius 1 is 1.32 bits per heavy atom. The summed E-state index contributed by atoms with van der Waals surface area (Å²) in [7, 11) is 0. The van der Waals surface area contributed by atoms with Gasteiger partial charge in [-0.25, -0.2) is 9.97 Å². The monoisotopic (exact) mass is 261 g/mol. The summed E-state index contributed by atoms with van der Waals surface area (Å²) >= 11 is 0. The van der Waals surface area contributed by atoms with E-state index < -0.39 is 0 Å². The molecular weight excluding hydrogens is 238 g/mol. The van der Waals surface area contributed by atoms with Crippen LogP contribution in [0, 0.1) is 0 Å². The molecule has 0 unspecified atom stereocenters. The molecule has 0 saturated carbocycles. The first-order chi connectivity index (χ1) is 9.24. The van der Waals surface area contributed by atoms with E-state index in [4.69, 9.17) is 4.74 Å². The van der Waals surface area contributed by atoms with Crippen LogP contribution in [0.1, 0.15) is 46.0 Å². The molecule has 1 aromatic heterocycles. The van der Waals surface area contributed by atoms with E-state index in [0.717, 1.165) is 18.8 Å². The molecule has 0 spiro atoms. The molecule has 1 N–H and O–H groups in total. The second-order valence-corrected chi connectivity index (χ2v) is 5.19. The third kappa shape index (κ3) is 4.89. The van der Waals surface area contributed by atoms with Crippen LogP contribution < -0.4 is 10.1 Å². The predicted octanol–water partition coefficient (Wildman–Crippen LogP) is 3.57. The molecule has 0 radical (unpaired) electrons. The van der Waals surface area contributed by atoms with Gasteiger partial charge in [-0.1, -0.05) is 11.6 Å². The zero-order chi connectivity index (χ0) is 13.5. The van der Waals surface area contributed by atoms with Crippen molar-refractivity contribution in [1.29, 1.82) is 0 Å². The van der Waals surface area contributed by atoms with E-state index >= 15 is 0 Å². The van der Waals surface area contributed by atoms with Crippen molar-refractivity contribution in [3.05, 3.63) is 24.0 Å². The summed E-state index contributed by atoms with van der Waals surface area (Å²) in [5.41, 5.74) is 1.58. The molecule has 0 atom stereocenters. The van der Waals surface area contributed by atoms with E-state index in [9.17, 15) is 0 Å². The highest BCUT2D eigenvalue weighted by Crippen LogP contribution is 2.20. The third-order valence-corrected chi connectivity index (χ3v) is 3.14. The van der Waals surface area contributed by atoms with Crippen molar-refractivity contribution in [1.82, 2.24) is 9.97 Å². The number of nitrogens with zero attached hydrogens (tertiary/aromatic N) is 2. The molecule has 1 aromatic rings. The molecular formula is C15H23N3O. The predicted molar refractivity (Wildman–Crippen MR) is 77.5 cm³/mol. The quantitative estimate of drug-likeness (QED) is 0.795. The molecule has 0 amide bonds. The highest BCUT2D eigenvalue weighted by molar-refractivity contribution is 5.37. The maximum atomic E-state index is 5.55. The topological polar surface area (TPSA) is 47.0 Å². The molecule has 4 nitrogen and oxygen atoms in total. The first kappa shape index (κ1) is 13.8. The van der Waals surface area contributed by atoms with Gasteiger partial charge in [0.1, 0.15) is 12.1 Å². The Balaban J connectivity index is 1.80. The summed E-state index contributed by atoms with van der Waals surface area (Å²) in [6.45, 7) is 4.90. The Morgan fingerprint density at radius 3 is 2.95 bits per heavy atom. The smallest absolute Gasteiger partial charge is 0.218 e. The fourth-order valence-corrected chi connectivity index (χ4v) is 2.22. The number of anilines is 1. The SMILES string of the molecule is CC(C)Oc1cc(NCCC2=CCCCC2)ncn1. The highest BCUT2D eigenvalue weighted by Gasteiger charge is 2.04. The van der Waals surface area contributed by atoms with Crippen molar-refractivity contribution in [3.63, 3.8) is 0 Å². The van der Waals surface area contributed by atoms with Gasteiger partial charge in [0, 0.05) is 12.6 Å².